The van der Waals surface area contributed by atoms with Crippen molar-refractivity contribution in [3.05, 3.63) is 11.6 Å². The van der Waals surface area contributed by atoms with Crippen LogP contribution in [0.2, 0.25) is 0 Å². The molecule has 4 aliphatic rings. The molecule has 4 nitrogen and oxygen atoms in total. The van der Waals surface area contributed by atoms with Gasteiger partial charge in [-0.2, -0.15) is 0 Å². The molecule has 3 saturated carbocycles. The summed E-state index contributed by atoms with van der Waals surface area (Å²) in [6.45, 7) is 13.8. The summed E-state index contributed by atoms with van der Waals surface area (Å²) in [5, 5.41) is 26.0. The first-order valence-corrected chi connectivity index (χ1v) is 14.2. The highest BCUT2D eigenvalue weighted by Crippen LogP contribution is 2.67. The Morgan fingerprint density at radius 2 is 1.71 bits per heavy atom. The van der Waals surface area contributed by atoms with Gasteiger partial charge in [-0.1, -0.05) is 65.5 Å². The predicted octanol–water partition coefficient (Wildman–Crippen LogP) is 6.84. The number of aliphatic hydroxyl groups is 2. The fraction of sp³-hybridized carbons (Fsp3) is 0.900. The maximum Gasteiger partial charge on any atom is 0.332 e. The molecule has 3 fully saturated rings. The smallest absolute Gasteiger partial charge is 0.332 e. The van der Waals surface area contributed by atoms with Crippen LogP contribution >= 0.6 is 0 Å². The Morgan fingerprint density at radius 3 is 2.32 bits per heavy atom. The lowest BCUT2D eigenvalue weighted by Gasteiger charge is -2.58. The fourth-order valence-corrected chi connectivity index (χ4v) is 8.67. The molecule has 34 heavy (non-hydrogen) atoms. The second-order valence-electron chi connectivity index (χ2n) is 13.2. The van der Waals surface area contributed by atoms with Crippen LogP contribution in [0, 0.1) is 46.3 Å². The third-order valence-corrected chi connectivity index (χ3v) is 10.6. The molecule has 9 atom stereocenters. The first-order valence-electron chi connectivity index (χ1n) is 14.2. The Labute approximate surface area is 208 Å². The number of fused-ring (bicyclic) bond motifs is 5. The number of aliphatic carboxylic acids is 1. The van der Waals surface area contributed by atoms with E-state index in [0.29, 0.717) is 10.8 Å². The predicted molar refractivity (Wildman–Crippen MR) is 138 cm³/mol. The Morgan fingerprint density at radius 1 is 1.03 bits per heavy atom. The van der Waals surface area contributed by atoms with Crippen molar-refractivity contribution in [3.63, 3.8) is 0 Å². The summed E-state index contributed by atoms with van der Waals surface area (Å²) in [5.41, 5.74) is 2.60. The van der Waals surface area contributed by atoms with E-state index in [4.69, 9.17) is 10.2 Å². The van der Waals surface area contributed by atoms with Crippen molar-refractivity contribution in [3.8, 4) is 0 Å². The van der Waals surface area contributed by atoms with Gasteiger partial charge in [-0.3, -0.25) is 0 Å². The van der Waals surface area contributed by atoms with E-state index < -0.39 is 12.1 Å². The number of hydrogen-bond donors (Lipinski definition) is 3. The molecule has 0 saturated heterocycles. The Kier molecular flexibility index (Phi) is 8.99. The molecular weight excluding hydrogens is 424 g/mol. The molecule has 0 aromatic heterocycles. The van der Waals surface area contributed by atoms with Crippen molar-refractivity contribution in [2.75, 3.05) is 0 Å². The van der Waals surface area contributed by atoms with Crippen LogP contribution in [0.4, 0.5) is 0 Å². The molecule has 196 valence electrons. The number of rotatable bonds is 6. The maximum absolute atomic E-state index is 10.2. The third-order valence-electron chi connectivity index (χ3n) is 10.6. The zero-order chi connectivity index (χ0) is 25.3. The molecule has 3 N–H and O–H groups in total. The van der Waals surface area contributed by atoms with Crippen LogP contribution in [-0.4, -0.2) is 33.5 Å². The molecule has 0 aromatic rings. The first-order chi connectivity index (χ1) is 15.9. The van der Waals surface area contributed by atoms with Gasteiger partial charge in [0.15, 0.2) is 0 Å². The number of carboxylic acids is 1. The van der Waals surface area contributed by atoms with E-state index in [1.165, 1.54) is 64.7 Å². The number of allylic oxidation sites excluding steroid dienone is 1. The van der Waals surface area contributed by atoms with Crippen molar-refractivity contribution in [2.24, 2.45) is 46.3 Å². The van der Waals surface area contributed by atoms with Crippen molar-refractivity contribution < 1.29 is 20.1 Å². The highest BCUT2D eigenvalue weighted by molar-refractivity contribution is 5.71. The Bertz CT molecular complexity index is 727. The van der Waals surface area contributed by atoms with Gasteiger partial charge in [0.2, 0.25) is 0 Å². The molecule has 4 rings (SSSR count). The Balaban J connectivity index is 0.000000481. The molecule has 0 bridgehead atoms. The molecule has 0 aromatic carbocycles. The van der Waals surface area contributed by atoms with E-state index in [1.54, 1.807) is 5.57 Å². The highest BCUT2D eigenvalue weighted by Gasteiger charge is 2.59. The lowest BCUT2D eigenvalue weighted by molar-refractivity contribution is -0.145. The average molecular weight is 477 g/mol. The number of aliphatic hydroxyl groups excluding tert-OH is 2. The summed E-state index contributed by atoms with van der Waals surface area (Å²) in [6, 6.07) is 0. The van der Waals surface area contributed by atoms with Gasteiger partial charge in [-0.25, -0.2) is 4.79 Å². The van der Waals surface area contributed by atoms with E-state index in [1.807, 2.05) is 0 Å². The lowest BCUT2D eigenvalue weighted by atomic mass is 9.47. The van der Waals surface area contributed by atoms with E-state index in [2.05, 4.69) is 40.7 Å². The van der Waals surface area contributed by atoms with Crippen LogP contribution in [0.5, 0.6) is 0 Å². The van der Waals surface area contributed by atoms with Gasteiger partial charge in [-0.15, -0.1) is 0 Å². The summed E-state index contributed by atoms with van der Waals surface area (Å²) in [7, 11) is 0. The molecule has 0 spiro atoms. The number of hydrogen-bond acceptors (Lipinski definition) is 3. The molecule has 0 amide bonds. The summed E-state index contributed by atoms with van der Waals surface area (Å²) < 4.78 is 0. The fourth-order valence-electron chi connectivity index (χ4n) is 8.67. The molecule has 1 unspecified atom stereocenters. The van der Waals surface area contributed by atoms with Gasteiger partial charge < -0.3 is 15.3 Å². The van der Waals surface area contributed by atoms with Crippen molar-refractivity contribution >= 4 is 5.97 Å². The summed E-state index contributed by atoms with van der Waals surface area (Å²) in [4.78, 5) is 9.45. The highest BCUT2D eigenvalue weighted by atomic mass is 16.4. The van der Waals surface area contributed by atoms with E-state index in [-0.39, 0.29) is 6.10 Å². The number of carboxylic acid groups (broad SMARTS) is 1. The quantitative estimate of drug-likeness (QED) is 0.367. The minimum Gasteiger partial charge on any atom is -0.479 e. The second kappa shape index (κ2) is 11.0. The van der Waals surface area contributed by atoms with Gasteiger partial charge in [-0.05, 0) is 105 Å². The molecule has 4 aliphatic carbocycles. The van der Waals surface area contributed by atoms with Crippen LogP contribution in [0.15, 0.2) is 11.6 Å². The van der Waals surface area contributed by atoms with Crippen LogP contribution in [-0.2, 0) is 4.79 Å². The van der Waals surface area contributed by atoms with Crippen molar-refractivity contribution in [1.82, 2.24) is 0 Å². The van der Waals surface area contributed by atoms with Crippen LogP contribution < -0.4 is 0 Å². The van der Waals surface area contributed by atoms with Gasteiger partial charge in [0, 0.05) is 0 Å². The topological polar surface area (TPSA) is 77.8 Å². The molecule has 0 aliphatic heterocycles. The van der Waals surface area contributed by atoms with Gasteiger partial charge in [0.25, 0.3) is 0 Å². The Hall–Kier alpha value is -0.870. The molecular formula is C30H52O4. The zero-order valence-corrected chi connectivity index (χ0v) is 22.7. The minimum absolute atomic E-state index is 0.0766. The monoisotopic (exact) mass is 476 g/mol. The number of carbonyl (C=O) groups is 1. The molecule has 0 heterocycles. The van der Waals surface area contributed by atoms with Crippen LogP contribution in [0.25, 0.3) is 0 Å². The lowest BCUT2D eigenvalue weighted by Crippen LogP contribution is -2.50. The van der Waals surface area contributed by atoms with Gasteiger partial charge >= 0.3 is 5.97 Å². The van der Waals surface area contributed by atoms with Crippen LogP contribution in [0.1, 0.15) is 112 Å². The van der Waals surface area contributed by atoms with Gasteiger partial charge in [0.05, 0.1) is 6.10 Å². The molecule has 0 radical (unpaired) electrons. The standard InChI is InChI=1S/C27H46O.C3H6O3/c1-18(2)7-6-8-19(3)23-11-12-24-22-10-9-20-17-21(28)13-15-26(20,4)25(22)14-16-27(23,24)5;1-2(4)3(5)6/h9,18-19,21-25,28H,6-8,10-17H2,1-5H3;2,4H,1H3,(H,5,6)/t19-,21+,22+,23-,24+,25+,26+,27-;/m1./s1. The summed E-state index contributed by atoms with van der Waals surface area (Å²) in [6.07, 6.45) is 15.9. The largest absolute Gasteiger partial charge is 0.479 e. The SMILES string of the molecule is CC(C)CCC[C@@H](C)[C@H]1CC[C@H]2[C@@H]3CC=C4C[C@@H](O)CC[C@]4(C)[C@H]3CC[C@]12C.CC(O)C(=O)O. The average Bonchev–Trinajstić information content (AvgIpc) is 3.11. The third kappa shape index (κ3) is 5.59. The summed E-state index contributed by atoms with van der Waals surface area (Å²) >= 11 is 0. The normalized spacial score (nSPS) is 40.7. The van der Waals surface area contributed by atoms with E-state index in [0.717, 1.165) is 48.3 Å². The van der Waals surface area contributed by atoms with E-state index in [9.17, 15) is 9.90 Å². The van der Waals surface area contributed by atoms with Crippen LogP contribution in [0.3, 0.4) is 0 Å². The molecule has 4 heteroatoms. The maximum atomic E-state index is 10.2. The zero-order valence-electron chi connectivity index (χ0n) is 22.7. The minimum atomic E-state index is -1.23. The van der Waals surface area contributed by atoms with Crippen molar-refractivity contribution in [1.29, 1.82) is 0 Å². The van der Waals surface area contributed by atoms with Crippen molar-refractivity contribution in [2.45, 2.75) is 124 Å². The van der Waals surface area contributed by atoms with Gasteiger partial charge in [0.1, 0.15) is 6.10 Å². The second-order valence-corrected chi connectivity index (χ2v) is 13.2. The first kappa shape index (κ1) is 27.7. The summed E-state index contributed by atoms with van der Waals surface area (Å²) in [5.74, 6) is 4.27. The van der Waals surface area contributed by atoms with E-state index >= 15 is 0 Å².